The Morgan fingerprint density at radius 1 is 1.53 bits per heavy atom. The van der Waals surface area contributed by atoms with Gasteiger partial charge in [0.25, 0.3) is 0 Å². The van der Waals surface area contributed by atoms with Gasteiger partial charge in [0.2, 0.25) is 0 Å². The molecule has 4 heteroatoms. The molecule has 2 N–H and O–H groups in total. The van der Waals surface area contributed by atoms with Crippen LogP contribution in [0, 0.1) is 0 Å². The Hall–Kier alpha value is -0.770. The zero-order valence-electron chi connectivity index (χ0n) is 9.93. The molecule has 0 spiro atoms. The molecule has 0 aromatic rings. The topological polar surface area (TPSA) is 50.4 Å². The summed E-state index contributed by atoms with van der Waals surface area (Å²) in [5, 5.41) is 5.90. The summed E-state index contributed by atoms with van der Waals surface area (Å²) in [7, 11) is 0. The molecule has 1 rings (SSSR count). The summed E-state index contributed by atoms with van der Waals surface area (Å²) in [6.45, 7) is 7.60. The monoisotopic (exact) mass is 214 g/mol. The minimum absolute atomic E-state index is 0.0797. The number of hydrogen-bond donors (Lipinski definition) is 2. The lowest BCUT2D eigenvalue weighted by Crippen LogP contribution is -2.51. The highest BCUT2D eigenvalue weighted by Gasteiger charge is 2.22. The molecule has 1 saturated heterocycles. The summed E-state index contributed by atoms with van der Waals surface area (Å²) >= 11 is 0. The molecular formula is C11H22N2O2. The van der Waals surface area contributed by atoms with Crippen molar-refractivity contribution in [2.24, 2.45) is 0 Å². The van der Waals surface area contributed by atoms with E-state index >= 15 is 0 Å². The predicted molar refractivity (Wildman–Crippen MR) is 59.9 cm³/mol. The average Bonchev–Trinajstić information content (AvgIpc) is 2.54. The highest BCUT2D eigenvalue weighted by Crippen LogP contribution is 2.10. The number of carbonyl (C=O) groups is 1. The van der Waals surface area contributed by atoms with Gasteiger partial charge in [-0.15, -0.1) is 0 Å². The van der Waals surface area contributed by atoms with E-state index in [0.29, 0.717) is 6.61 Å². The molecule has 0 aliphatic carbocycles. The Bertz CT molecular complexity index is 211. The lowest BCUT2D eigenvalue weighted by molar-refractivity contribution is 0.187. The van der Waals surface area contributed by atoms with Gasteiger partial charge in [-0.25, -0.2) is 4.79 Å². The first-order valence-electron chi connectivity index (χ1n) is 5.70. The normalized spacial score (nSPS) is 21.4. The van der Waals surface area contributed by atoms with Crippen LogP contribution in [0.15, 0.2) is 0 Å². The number of hydrogen-bond acceptors (Lipinski definition) is 2. The molecule has 1 fully saturated rings. The Morgan fingerprint density at radius 3 is 2.80 bits per heavy atom. The van der Waals surface area contributed by atoms with Crippen LogP contribution in [-0.2, 0) is 4.74 Å². The van der Waals surface area contributed by atoms with Crippen LogP contribution >= 0.6 is 0 Å². The molecule has 0 saturated carbocycles. The number of ether oxygens (including phenoxy) is 1. The lowest BCUT2D eigenvalue weighted by atomic mass is 9.99. The maximum atomic E-state index is 11.6. The first kappa shape index (κ1) is 12.3. The van der Waals surface area contributed by atoms with E-state index in [1.54, 1.807) is 0 Å². The van der Waals surface area contributed by atoms with Gasteiger partial charge in [-0.1, -0.05) is 13.3 Å². The third kappa shape index (κ3) is 4.51. The Balaban J connectivity index is 2.27. The molecule has 88 valence electrons. The summed E-state index contributed by atoms with van der Waals surface area (Å²) in [5.74, 6) is 0. The second kappa shape index (κ2) is 5.35. The highest BCUT2D eigenvalue weighted by molar-refractivity contribution is 5.75. The number of amides is 2. The van der Waals surface area contributed by atoms with E-state index < -0.39 is 0 Å². The zero-order chi connectivity index (χ0) is 11.3. The summed E-state index contributed by atoms with van der Waals surface area (Å²) in [6, 6.07) is 0.103. The van der Waals surface area contributed by atoms with Gasteiger partial charge in [0.1, 0.15) is 0 Å². The minimum Gasteiger partial charge on any atom is -0.379 e. The van der Waals surface area contributed by atoms with Gasteiger partial charge in [-0.05, 0) is 26.7 Å². The van der Waals surface area contributed by atoms with Gasteiger partial charge in [-0.2, -0.15) is 0 Å². The van der Waals surface area contributed by atoms with Crippen LogP contribution in [-0.4, -0.2) is 30.8 Å². The smallest absolute Gasteiger partial charge is 0.315 e. The molecule has 4 nitrogen and oxygen atoms in total. The van der Waals surface area contributed by atoms with Crippen LogP contribution in [0.1, 0.15) is 40.0 Å². The molecule has 1 aliphatic rings. The second-order valence-corrected chi connectivity index (χ2v) is 4.79. The maximum absolute atomic E-state index is 11.6. The largest absolute Gasteiger partial charge is 0.379 e. The summed E-state index contributed by atoms with van der Waals surface area (Å²) < 4.78 is 5.19. The van der Waals surface area contributed by atoms with Crippen molar-refractivity contribution in [3.05, 3.63) is 0 Å². The molecule has 1 aliphatic heterocycles. The Morgan fingerprint density at radius 2 is 2.27 bits per heavy atom. The van der Waals surface area contributed by atoms with Crippen molar-refractivity contribution in [1.29, 1.82) is 0 Å². The lowest BCUT2D eigenvalue weighted by Gasteiger charge is -2.26. The van der Waals surface area contributed by atoms with E-state index in [0.717, 1.165) is 25.9 Å². The molecule has 1 atom stereocenters. The van der Waals surface area contributed by atoms with Gasteiger partial charge < -0.3 is 15.4 Å². The fourth-order valence-electron chi connectivity index (χ4n) is 1.86. The summed E-state index contributed by atoms with van der Waals surface area (Å²) in [6.07, 6.45) is 2.98. The van der Waals surface area contributed by atoms with E-state index in [-0.39, 0.29) is 17.6 Å². The van der Waals surface area contributed by atoms with Gasteiger partial charge in [0.05, 0.1) is 12.6 Å². The number of nitrogens with one attached hydrogen (secondary N) is 2. The third-order valence-electron chi connectivity index (χ3n) is 2.59. The molecule has 0 aromatic heterocycles. The van der Waals surface area contributed by atoms with Crippen LogP contribution in [0.3, 0.4) is 0 Å². The summed E-state index contributed by atoms with van der Waals surface area (Å²) in [5.41, 5.74) is -0.127. The molecule has 0 radical (unpaired) electrons. The minimum atomic E-state index is -0.127. The van der Waals surface area contributed by atoms with Crippen molar-refractivity contribution in [2.75, 3.05) is 13.2 Å². The molecular weight excluding hydrogens is 192 g/mol. The second-order valence-electron chi connectivity index (χ2n) is 4.79. The van der Waals surface area contributed by atoms with Crippen LogP contribution in [0.25, 0.3) is 0 Å². The van der Waals surface area contributed by atoms with Crippen LogP contribution in [0.2, 0.25) is 0 Å². The van der Waals surface area contributed by atoms with Crippen molar-refractivity contribution >= 4 is 6.03 Å². The molecule has 2 amide bonds. The first-order valence-corrected chi connectivity index (χ1v) is 5.70. The van der Waals surface area contributed by atoms with Gasteiger partial charge >= 0.3 is 6.03 Å². The molecule has 15 heavy (non-hydrogen) atoms. The Labute approximate surface area is 91.8 Å². The third-order valence-corrected chi connectivity index (χ3v) is 2.59. The van der Waals surface area contributed by atoms with Crippen molar-refractivity contribution in [2.45, 2.75) is 51.6 Å². The number of urea groups is 1. The van der Waals surface area contributed by atoms with E-state index in [1.165, 1.54) is 0 Å². The van der Waals surface area contributed by atoms with Gasteiger partial charge in [0, 0.05) is 12.1 Å². The van der Waals surface area contributed by atoms with E-state index in [4.69, 9.17) is 4.74 Å². The van der Waals surface area contributed by atoms with Crippen LogP contribution in [0.4, 0.5) is 4.79 Å². The van der Waals surface area contributed by atoms with Crippen LogP contribution < -0.4 is 10.6 Å². The maximum Gasteiger partial charge on any atom is 0.315 e. The average molecular weight is 214 g/mol. The molecule has 1 heterocycles. The fraction of sp³-hybridized carbons (Fsp3) is 0.909. The van der Waals surface area contributed by atoms with Gasteiger partial charge in [-0.3, -0.25) is 0 Å². The van der Waals surface area contributed by atoms with Crippen molar-refractivity contribution < 1.29 is 9.53 Å². The van der Waals surface area contributed by atoms with E-state index in [1.807, 2.05) is 13.8 Å². The summed E-state index contributed by atoms with van der Waals surface area (Å²) in [4.78, 5) is 11.6. The highest BCUT2D eigenvalue weighted by atomic mass is 16.5. The SMILES string of the molecule is CCCC(C)(C)NC(=O)NC1CCOC1. The Kier molecular flexibility index (Phi) is 4.39. The van der Waals surface area contributed by atoms with Crippen molar-refractivity contribution in [3.63, 3.8) is 0 Å². The molecule has 0 aromatic carbocycles. The quantitative estimate of drug-likeness (QED) is 0.747. The van der Waals surface area contributed by atoms with E-state index in [9.17, 15) is 4.79 Å². The first-order chi connectivity index (χ1) is 7.03. The van der Waals surface area contributed by atoms with Gasteiger partial charge in [0.15, 0.2) is 0 Å². The van der Waals surface area contributed by atoms with Crippen molar-refractivity contribution in [3.8, 4) is 0 Å². The molecule has 0 bridgehead atoms. The fourth-order valence-corrected chi connectivity index (χ4v) is 1.86. The standard InChI is InChI=1S/C11H22N2O2/c1-4-6-11(2,3)13-10(14)12-9-5-7-15-8-9/h9H,4-8H2,1-3H3,(H2,12,13,14). The number of rotatable bonds is 4. The zero-order valence-corrected chi connectivity index (χ0v) is 9.93. The van der Waals surface area contributed by atoms with Crippen molar-refractivity contribution in [1.82, 2.24) is 10.6 Å². The van der Waals surface area contributed by atoms with Crippen LogP contribution in [0.5, 0.6) is 0 Å². The predicted octanol–water partition coefficient (Wildman–Crippen LogP) is 1.65. The molecule has 1 unspecified atom stereocenters. The number of carbonyl (C=O) groups excluding carboxylic acids is 1. The van der Waals surface area contributed by atoms with E-state index in [2.05, 4.69) is 17.6 Å².